The van der Waals surface area contributed by atoms with E-state index in [2.05, 4.69) is 45.3 Å². The van der Waals surface area contributed by atoms with Gasteiger partial charge in [0.15, 0.2) is 16.6 Å². The molecule has 3 aromatic rings. The van der Waals surface area contributed by atoms with E-state index in [1.54, 1.807) is 23.1 Å². The highest BCUT2D eigenvalue weighted by atomic mass is 32.1. The standard InChI is InChI=1S/C45H48F3N9O5S/c1-26(2)35-17-32(57-43(63)56(42(61)44(57)10-5-11-44)33-18-36(45(46,47)48)38(21-50)51-22-33)6-9-40(35)62-13-12-54-23-27(3)55(28(4)24-54)25-41(60)53-31-15-29(20-49)14-30(16-31)52-37-8-7-34(58)19-39(37)59/h6,9,14-18,22,26-28,37,52H,5,7-8,10-13,19,23-25H2,1-4H3,(H,53,60)/t27-,28+,37?. The topological polar surface area (TPSA) is 175 Å². The second kappa shape index (κ2) is 18.0. The lowest BCUT2D eigenvalue weighted by atomic mass is 9.75. The van der Waals surface area contributed by atoms with Gasteiger partial charge in [-0.25, -0.2) is 4.98 Å². The molecule has 3 heterocycles. The molecule has 2 aliphatic heterocycles. The van der Waals surface area contributed by atoms with Gasteiger partial charge in [0.25, 0.3) is 5.91 Å². The number of ether oxygens (including phenoxy) is 1. The van der Waals surface area contributed by atoms with E-state index in [0.717, 1.165) is 29.1 Å². The number of nitrogens with one attached hydrogen (secondary N) is 2. The molecule has 2 aliphatic carbocycles. The Hall–Kier alpha value is -5.95. The summed E-state index contributed by atoms with van der Waals surface area (Å²) in [5, 5.41) is 25.0. The van der Waals surface area contributed by atoms with Gasteiger partial charge in [0.05, 0.1) is 48.1 Å². The highest BCUT2D eigenvalue weighted by Crippen LogP contribution is 2.49. The molecule has 2 saturated heterocycles. The second-order valence-corrected chi connectivity index (χ2v) is 17.4. The first-order chi connectivity index (χ1) is 29.9. The van der Waals surface area contributed by atoms with Crippen molar-refractivity contribution in [3.8, 4) is 17.9 Å². The summed E-state index contributed by atoms with van der Waals surface area (Å²) < 4.78 is 48.0. The van der Waals surface area contributed by atoms with Crippen molar-refractivity contribution >= 4 is 63.5 Å². The molecule has 4 fully saturated rings. The number of alkyl halides is 3. The molecule has 1 aromatic heterocycles. The summed E-state index contributed by atoms with van der Waals surface area (Å²) in [6.45, 7) is 10.7. The molecule has 2 aromatic carbocycles. The summed E-state index contributed by atoms with van der Waals surface area (Å²) in [5.41, 5.74) is -0.482. The van der Waals surface area contributed by atoms with E-state index in [1.807, 2.05) is 32.0 Å². The zero-order valence-corrected chi connectivity index (χ0v) is 36.2. The van der Waals surface area contributed by atoms with Crippen LogP contribution in [0.25, 0.3) is 0 Å². The average molecular weight is 884 g/mol. The van der Waals surface area contributed by atoms with Crippen LogP contribution in [-0.2, 0) is 25.4 Å². The lowest BCUT2D eigenvalue weighted by molar-refractivity contribution is -0.138. The first-order valence-electron chi connectivity index (χ1n) is 21.0. The fourth-order valence-electron chi connectivity index (χ4n) is 9.03. The predicted molar refractivity (Wildman–Crippen MR) is 232 cm³/mol. The molecular weight excluding hydrogens is 836 g/mol. The minimum atomic E-state index is -4.86. The maximum atomic E-state index is 14.0. The number of thiocarbonyl (C=S) groups is 1. The van der Waals surface area contributed by atoms with Crippen molar-refractivity contribution in [1.29, 1.82) is 10.5 Å². The third kappa shape index (κ3) is 9.25. The molecule has 2 N–H and O–H groups in total. The van der Waals surface area contributed by atoms with Gasteiger partial charge in [0.1, 0.15) is 29.7 Å². The van der Waals surface area contributed by atoms with Gasteiger partial charge < -0.3 is 20.3 Å². The lowest BCUT2D eigenvalue weighted by Gasteiger charge is -2.44. The molecule has 1 unspecified atom stereocenters. The molecule has 4 aliphatic rings. The monoisotopic (exact) mass is 883 g/mol. The molecule has 0 radical (unpaired) electrons. The van der Waals surface area contributed by atoms with Crippen LogP contribution in [0.15, 0.2) is 48.7 Å². The highest BCUT2D eigenvalue weighted by molar-refractivity contribution is 7.81. The number of ketones is 2. The molecule has 18 heteroatoms. The van der Waals surface area contributed by atoms with Crippen molar-refractivity contribution in [1.82, 2.24) is 14.8 Å². The highest BCUT2D eigenvalue weighted by Gasteiger charge is 2.60. The summed E-state index contributed by atoms with van der Waals surface area (Å²) in [6, 6.07) is 14.3. The molecule has 330 valence electrons. The number of nitrogens with zero attached hydrogens (tertiary/aromatic N) is 7. The third-order valence-electron chi connectivity index (χ3n) is 12.3. The predicted octanol–water partition coefficient (Wildman–Crippen LogP) is 6.54. The Bertz CT molecular complexity index is 2420. The van der Waals surface area contributed by atoms with Crippen LogP contribution in [0.2, 0.25) is 0 Å². The minimum Gasteiger partial charge on any atom is -0.492 e. The number of carbonyl (C=O) groups is 4. The number of hydrogen-bond acceptors (Lipinski definition) is 12. The van der Waals surface area contributed by atoms with E-state index in [0.29, 0.717) is 80.3 Å². The Labute approximate surface area is 368 Å². The number of carbonyl (C=O) groups excluding carboxylic acids is 4. The summed E-state index contributed by atoms with van der Waals surface area (Å²) in [4.78, 5) is 62.4. The first-order valence-corrected chi connectivity index (χ1v) is 21.4. The van der Waals surface area contributed by atoms with E-state index in [1.165, 1.54) is 6.07 Å². The number of anilines is 4. The van der Waals surface area contributed by atoms with Gasteiger partial charge in [0, 0.05) is 55.2 Å². The number of rotatable bonds is 12. The minimum absolute atomic E-state index is 0.00495. The Morgan fingerprint density at radius 2 is 1.73 bits per heavy atom. The van der Waals surface area contributed by atoms with E-state index >= 15 is 0 Å². The molecule has 2 amide bonds. The third-order valence-corrected chi connectivity index (χ3v) is 12.7. The maximum Gasteiger partial charge on any atom is 0.419 e. The van der Waals surface area contributed by atoms with E-state index in [4.69, 9.17) is 17.0 Å². The SMILES string of the molecule is CC(C)c1cc(N2C(=S)N(c3cnc(C#N)c(C(F)(F)F)c3)C(=O)C23CCC3)ccc1OCCN1C[C@@H](C)N(CC(=O)Nc2cc(C#N)cc(NC3CCC(=O)CC3=O)c2)[C@@H](C)C1. The Morgan fingerprint density at radius 3 is 2.35 bits per heavy atom. The zero-order chi connectivity index (χ0) is 45.4. The van der Waals surface area contributed by atoms with Gasteiger partial charge >= 0.3 is 6.18 Å². The van der Waals surface area contributed by atoms with Crippen LogP contribution in [-0.4, -0.2) is 99.7 Å². The van der Waals surface area contributed by atoms with E-state index in [-0.39, 0.29) is 59.2 Å². The number of aromatic nitrogens is 1. The van der Waals surface area contributed by atoms with Crippen LogP contribution in [0.4, 0.5) is 35.9 Å². The summed E-state index contributed by atoms with van der Waals surface area (Å²) in [6.07, 6.45) is -1.55. The number of Topliss-reactive ketones (excluding diaryl/α,β-unsaturated/α-hetero) is 2. The fraction of sp³-hybridized carbons (Fsp3) is 0.467. The number of piperazine rings is 1. The van der Waals surface area contributed by atoms with Crippen molar-refractivity contribution in [2.75, 3.05) is 53.2 Å². The Morgan fingerprint density at radius 1 is 1.02 bits per heavy atom. The average Bonchev–Trinajstić information content (AvgIpc) is 3.45. The molecule has 14 nitrogen and oxygen atoms in total. The van der Waals surface area contributed by atoms with Gasteiger partial charge in [-0.2, -0.15) is 23.7 Å². The van der Waals surface area contributed by atoms with Crippen molar-refractivity contribution in [2.24, 2.45) is 0 Å². The molecule has 2 saturated carbocycles. The van der Waals surface area contributed by atoms with Gasteiger partial charge in [-0.1, -0.05) is 13.8 Å². The van der Waals surface area contributed by atoms with Crippen molar-refractivity contribution in [3.05, 3.63) is 71.0 Å². The van der Waals surface area contributed by atoms with Gasteiger partial charge in [-0.05, 0) is 106 Å². The van der Waals surface area contributed by atoms with E-state index < -0.39 is 34.9 Å². The Kier molecular flexibility index (Phi) is 12.9. The van der Waals surface area contributed by atoms with Crippen LogP contribution in [0.5, 0.6) is 5.75 Å². The number of halogens is 3. The van der Waals surface area contributed by atoms with Crippen molar-refractivity contribution in [2.45, 2.75) is 102 Å². The van der Waals surface area contributed by atoms with Crippen LogP contribution in [0, 0.1) is 22.7 Å². The van der Waals surface area contributed by atoms with Crippen LogP contribution >= 0.6 is 12.2 Å². The smallest absolute Gasteiger partial charge is 0.419 e. The molecule has 1 spiro atoms. The molecule has 3 atom stereocenters. The molecular formula is C45H48F3N9O5S. The summed E-state index contributed by atoms with van der Waals surface area (Å²) >= 11 is 5.82. The molecule has 0 bridgehead atoms. The van der Waals surface area contributed by atoms with Gasteiger partial charge in [-0.15, -0.1) is 0 Å². The van der Waals surface area contributed by atoms with Gasteiger partial charge in [0.2, 0.25) is 5.91 Å². The number of benzene rings is 2. The maximum absolute atomic E-state index is 14.0. The Balaban J connectivity index is 0.968. The first kappa shape index (κ1) is 45.1. The van der Waals surface area contributed by atoms with Crippen LogP contribution in [0.3, 0.4) is 0 Å². The zero-order valence-electron chi connectivity index (χ0n) is 35.4. The number of pyridine rings is 1. The van der Waals surface area contributed by atoms with Crippen LogP contribution in [0.1, 0.15) is 94.5 Å². The lowest BCUT2D eigenvalue weighted by Crippen LogP contribution is -2.58. The quantitative estimate of drug-likeness (QED) is 0.148. The molecule has 7 rings (SSSR count). The van der Waals surface area contributed by atoms with Crippen molar-refractivity contribution < 1.29 is 37.1 Å². The largest absolute Gasteiger partial charge is 0.492 e. The van der Waals surface area contributed by atoms with Crippen molar-refractivity contribution in [3.63, 3.8) is 0 Å². The normalized spacial score (nSPS) is 21.7. The van der Waals surface area contributed by atoms with Crippen LogP contribution < -0.4 is 25.2 Å². The number of hydrogen-bond donors (Lipinski definition) is 2. The fourth-order valence-corrected chi connectivity index (χ4v) is 9.50. The summed E-state index contributed by atoms with van der Waals surface area (Å²) in [7, 11) is 0. The molecule has 63 heavy (non-hydrogen) atoms. The second-order valence-electron chi connectivity index (χ2n) is 17.1. The summed E-state index contributed by atoms with van der Waals surface area (Å²) in [5.74, 6) is -0.291. The number of nitriles is 2. The number of amides is 2. The van der Waals surface area contributed by atoms with E-state index in [9.17, 15) is 42.9 Å². The van der Waals surface area contributed by atoms with Gasteiger partial charge in [-0.3, -0.25) is 33.9 Å².